The largest absolute Gasteiger partial charge is 0.462 e. The average molecular weight is 284 g/mol. The lowest BCUT2D eigenvalue weighted by Crippen LogP contribution is -2.11. The number of carbonyl (C=O) groups excluding carboxylic acids is 1. The molecule has 1 saturated heterocycles. The summed E-state index contributed by atoms with van der Waals surface area (Å²) in [7, 11) is 1.85. The highest BCUT2D eigenvalue weighted by Gasteiger charge is 2.19. The number of aromatic nitrogens is 2. The number of thioether (sulfide) groups is 1. The van der Waals surface area contributed by atoms with Crippen LogP contribution in [0.25, 0.3) is 0 Å². The van der Waals surface area contributed by atoms with Crippen LogP contribution >= 0.6 is 11.8 Å². The van der Waals surface area contributed by atoms with Crippen molar-refractivity contribution in [3.05, 3.63) is 17.5 Å². The van der Waals surface area contributed by atoms with Crippen molar-refractivity contribution in [3.8, 4) is 0 Å². The van der Waals surface area contributed by atoms with Gasteiger partial charge in [0.2, 0.25) is 0 Å². The molecule has 1 aromatic rings. The summed E-state index contributed by atoms with van der Waals surface area (Å²) in [5.74, 6) is 1.43. The molecule has 2 heterocycles. The van der Waals surface area contributed by atoms with Gasteiger partial charge in [-0.15, -0.1) is 0 Å². The molecule has 0 spiro atoms. The molecule has 0 aliphatic carbocycles. The first-order valence-corrected chi connectivity index (χ1v) is 7.75. The molecular weight excluding hydrogens is 264 g/mol. The third-order valence-electron chi connectivity index (χ3n) is 3.12. The van der Waals surface area contributed by atoms with E-state index in [4.69, 9.17) is 9.47 Å². The number of nitrogens with zero attached hydrogens (tertiary/aromatic N) is 2. The molecule has 1 aliphatic rings. The maximum absolute atomic E-state index is 11.8. The summed E-state index contributed by atoms with van der Waals surface area (Å²) in [5.41, 5.74) is 1.49. The Hall–Kier alpha value is -1.01. The fraction of sp³-hybridized carbons (Fsp3) is 0.692. The summed E-state index contributed by atoms with van der Waals surface area (Å²) in [5, 5.41) is 4.14. The first kappa shape index (κ1) is 14.4. The molecule has 0 amide bonds. The van der Waals surface area contributed by atoms with Crippen molar-refractivity contribution >= 4 is 17.7 Å². The number of esters is 1. The van der Waals surface area contributed by atoms with Crippen LogP contribution in [0, 0.1) is 0 Å². The van der Waals surface area contributed by atoms with Crippen LogP contribution in [0.2, 0.25) is 0 Å². The van der Waals surface area contributed by atoms with Crippen molar-refractivity contribution in [2.75, 3.05) is 19.0 Å². The first-order valence-electron chi connectivity index (χ1n) is 6.59. The Morgan fingerprint density at radius 3 is 3.21 bits per heavy atom. The van der Waals surface area contributed by atoms with Crippen LogP contribution in [0.15, 0.2) is 6.20 Å². The summed E-state index contributed by atoms with van der Waals surface area (Å²) in [6.07, 6.45) is 4.25. The van der Waals surface area contributed by atoms with Crippen molar-refractivity contribution in [3.63, 3.8) is 0 Å². The molecule has 1 aliphatic heterocycles. The fourth-order valence-electron chi connectivity index (χ4n) is 2.08. The molecule has 0 aromatic carbocycles. The van der Waals surface area contributed by atoms with Crippen molar-refractivity contribution < 1.29 is 14.3 Å². The lowest BCUT2D eigenvalue weighted by atomic mass is 10.3. The maximum atomic E-state index is 11.8. The van der Waals surface area contributed by atoms with Gasteiger partial charge in [-0.25, -0.2) is 4.79 Å². The molecule has 106 valence electrons. The lowest BCUT2D eigenvalue weighted by Gasteiger charge is -2.09. The first-order chi connectivity index (χ1) is 9.22. The summed E-state index contributed by atoms with van der Waals surface area (Å²) < 4.78 is 12.4. The highest BCUT2D eigenvalue weighted by molar-refractivity contribution is 7.98. The van der Waals surface area contributed by atoms with Crippen molar-refractivity contribution in [1.29, 1.82) is 0 Å². The number of aryl methyl sites for hydroxylation is 1. The Bertz CT molecular complexity index is 428. The van der Waals surface area contributed by atoms with Crippen LogP contribution in [0.1, 0.15) is 35.8 Å². The highest BCUT2D eigenvalue weighted by Crippen LogP contribution is 2.22. The van der Waals surface area contributed by atoms with Crippen molar-refractivity contribution in [1.82, 2.24) is 9.78 Å². The monoisotopic (exact) mass is 284 g/mol. The Labute approximate surface area is 117 Å². The number of hydrogen-bond donors (Lipinski definition) is 0. The Morgan fingerprint density at radius 2 is 2.53 bits per heavy atom. The van der Waals surface area contributed by atoms with Crippen molar-refractivity contribution in [2.24, 2.45) is 7.05 Å². The lowest BCUT2D eigenvalue weighted by molar-refractivity contribution is 0.0525. The molecule has 1 aromatic heterocycles. The third-order valence-corrected chi connectivity index (χ3v) is 4.21. The fourth-order valence-corrected chi connectivity index (χ4v) is 3.26. The number of ether oxygens (including phenoxy) is 2. The van der Waals surface area contributed by atoms with Crippen LogP contribution in [-0.4, -0.2) is 40.8 Å². The normalized spacial score (nSPS) is 18.7. The van der Waals surface area contributed by atoms with E-state index in [1.807, 2.05) is 7.05 Å². The average Bonchev–Trinajstić information content (AvgIpc) is 3.01. The van der Waals surface area contributed by atoms with Gasteiger partial charge in [0.15, 0.2) is 0 Å². The van der Waals surface area contributed by atoms with E-state index in [9.17, 15) is 4.79 Å². The van der Waals surface area contributed by atoms with Gasteiger partial charge in [-0.3, -0.25) is 4.68 Å². The Kier molecular flexibility index (Phi) is 5.27. The summed E-state index contributed by atoms with van der Waals surface area (Å²) in [6, 6.07) is 0. The van der Waals surface area contributed by atoms with Crippen LogP contribution < -0.4 is 0 Å². The smallest absolute Gasteiger partial charge is 0.341 e. The molecule has 2 rings (SSSR count). The standard InChI is InChI=1S/C13H20N2O3S/c1-3-17-13(16)11-7-14-15(2)12(11)9-19-8-10-5-4-6-18-10/h7,10H,3-6,8-9H2,1-2H3. The minimum atomic E-state index is -0.289. The molecule has 0 bridgehead atoms. The molecule has 5 nitrogen and oxygen atoms in total. The zero-order valence-electron chi connectivity index (χ0n) is 11.4. The van der Waals surface area contributed by atoms with Gasteiger partial charge in [0, 0.05) is 25.2 Å². The topological polar surface area (TPSA) is 53.3 Å². The van der Waals surface area contributed by atoms with Gasteiger partial charge in [0.25, 0.3) is 0 Å². The molecule has 19 heavy (non-hydrogen) atoms. The molecule has 6 heteroatoms. The van der Waals surface area contributed by atoms with Gasteiger partial charge in [0.1, 0.15) is 5.56 Å². The SMILES string of the molecule is CCOC(=O)c1cnn(C)c1CSCC1CCCO1. The highest BCUT2D eigenvalue weighted by atomic mass is 32.2. The maximum Gasteiger partial charge on any atom is 0.341 e. The molecule has 0 saturated carbocycles. The van der Waals surface area contributed by atoms with E-state index >= 15 is 0 Å². The summed E-state index contributed by atoms with van der Waals surface area (Å²) >= 11 is 1.78. The predicted molar refractivity (Wildman–Crippen MR) is 74.3 cm³/mol. The zero-order valence-corrected chi connectivity index (χ0v) is 12.2. The zero-order chi connectivity index (χ0) is 13.7. The van der Waals surface area contributed by atoms with Gasteiger partial charge in [-0.1, -0.05) is 0 Å². The van der Waals surface area contributed by atoms with E-state index in [0.717, 1.165) is 36.6 Å². The molecule has 1 atom stereocenters. The minimum absolute atomic E-state index is 0.289. The van der Waals surface area contributed by atoms with E-state index in [-0.39, 0.29) is 5.97 Å². The van der Waals surface area contributed by atoms with Crippen LogP contribution in [0.3, 0.4) is 0 Å². The molecule has 0 radical (unpaired) electrons. The van der Waals surface area contributed by atoms with Crippen LogP contribution in [0.5, 0.6) is 0 Å². The quantitative estimate of drug-likeness (QED) is 0.748. The van der Waals surface area contributed by atoms with E-state index in [0.29, 0.717) is 18.3 Å². The number of rotatable bonds is 6. The second-order valence-corrected chi connectivity index (χ2v) is 5.53. The molecular formula is C13H20N2O3S. The van der Waals surface area contributed by atoms with Gasteiger partial charge in [-0.05, 0) is 19.8 Å². The summed E-state index contributed by atoms with van der Waals surface area (Å²) in [6.45, 7) is 3.07. The molecule has 1 unspecified atom stereocenters. The minimum Gasteiger partial charge on any atom is -0.462 e. The summed E-state index contributed by atoms with van der Waals surface area (Å²) in [4.78, 5) is 11.8. The predicted octanol–water partition coefficient (Wildman–Crippen LogP) is 2.01. The third kappa shape index (κ3) is 3.73. The van der Waals surface area contributed by atoms with Gasteiger partial charge in [-0.2, -0.15) is 16.9 Å². The second kappa shape index (κ2) is 6.96. The van der Waals surface area contributed by atoms with Crippen LogP contribution in [-0.2, 0) is 22.3 Å². The van der Waals surface area contributed by atoms with Gasteiger partial charge >= 0.3 is 5.97 Å². The van der Waals surface area contributed by atoms with Gasteiger partial charge in [0.05, 0.1) is 24.6 Å². The molecule has 1 fully saturated rings. The number of hydrogen-bond acceptors (Lipinski definition) is 5. The van der Waals surface area contributed by atoms with Crippen LogP contribution in [0.4, 0.5) is 0 Å². The van der Waals surface area contributed by atoms with Crippen molar-refractivity contribution in [2.45, 2.75) is 31.6 Å². The van der Waals surface area contributed by atoms with E-state index in [2.05, 4.69) is 5.10 Å². The van der Waals surface area contributed by atoms with Gasteiger partial charge < -0.3 is 9.47 Å². The van der Waals surface area contributed by atoms with E-state index in [1.54, 1.807) is 29.6 Å². The number of carbonyl (C=O) groups is 1. The molecule has 0 N–H and O–H groups in total. The Balaban J connectivity index is 1.91. The van der Waals surface area contributed by atoms with E-state index in [1.165, 1.54) is 0 Å². The van der Waals surface area contributed by atoms with E-state index < -0.39 is 0 Å². The second-order valence-electron chi connectivity index (χ2n) is 4.50. The Morgan fingerprint density at radius 1 is 1.68 bits per heavy atom.